The van der Waals surface area contributed by atoms with E-state index in [0.29, 0.717) is 17.4 Å². The van der Waals surface area contributed by atoms with E-state index in [9.17, 15) is 4.79 Å². The van der Waals surface area contributed by atoms with Crippen molar-refractivity contribution >= 4 is 29.5 Å². The molecule has 0 saturated heterocycles. The van der Waals surface area contributed by atoms with Crippen LogP contribution in [0.15, 0.2) is 53.5 Å². The average Bonchev–Trinajstić information content (AvgIpc) is 2.56. The van der Waals surface area contributed by atoms with Crippen LogP contribution >= 0.6 is 11.6 Å². The Morgan fingerprint density at radius 1 is 1.17 bits per heavy atom. The predicted molar refractivity (Wildman–Crippen MR) is 91.9 cm³/mol. The summed E-state index contributed by atoms with van der Waals surface area (Å²) in [6, 6.07) is 14.6. The molecule has 1 unspecified atom stereocenters. The highest BCUT2D eigenvalue weighted by atomic mass is 35.5. The van der Waals surface area contributed by atoms with Gasteiger partial charge in [-0.1, -0.05) is 11.6 Å². The molecule has 1 atom stereocenters. The highest BCUT2D eigenvalue weighted by Crippen LogP contribution is 2.17. The Kier molecular flexibility index (Phi) is 6.18. The van der Waals surface area contributed by atoms with E-state index in [1.807, 2.05) is 24.3 Å². The van der Waals surface area contributed by atoms with Gasteiger partial charge in [0, 0.05) is 11.2 Å². The summed E-state index contributed by atoms with van der Waals surface area (Å²) >= 11 is 5.83. The number of benzene rings is 2. The second-order valence-corrected chi connectivity index (χ2v) is 5.25. The Balaban J connectivity index is 1.96. The molecular weight excluding hydrogens is 314 g/mol. The second-order valence-electron chi connectivity index (χ2n) is 4.82. The van der Waals surface area contributed by atoms with Gasteiger partial charge in [0.2, 0.25) is 0 Å². The van der Waals surface area contributed by atoms with Gasteiger partial charge in [-0.15, -0.1) is 0 Å². The van der Waals surface area contributed by atoms with Gasteiger partial charge < -0.3 is 9.47 Å². The van der Waals surface area contributed by atoms with E-state index in [2.05, 4.69) is 4.99 Å². The molecule has 0 amide bonds. The molecule has 0 fully saturated rings. The maximum atomic E-state index is 11.5. The minimum absolute atomic E-state index is 0.340. The Bertz CT molecular complexity index is 666. The third kappa shape index (κ3) is 5.42. The van der Waals surface area contributed by atoms with Crippen molar-refractivity contribution in [3.05, 3.63) is 59.1 Å². The van der Waals surface area contributed by atoms with Crippen LogP contribution in [0.4, 0.5) is 5.69 Å². The largest absolute Gasteiger partial charge is 0.479 e. The van der Waals surface area contributed by atoms with Gasteiger partial charge >= 0.3 is 5.97 Å². The van der Waals surface area contributed by atoms with Crippen molar-refractivity contribution in [1.29, 1.82) is 0 Å². The van der Waals surface area contributed by atoms with E-state index < -0.39 is 6.10 Å². The number of ether oxygens (including phenoxy) is 2. The van der Waals surface area contributed by atoms with Crippen molar-refractivity contribution in [2.45, 2.75) is 20.0 Å². The number of rotatable bonds is 6. The zero-order chi connectivity index (χ0) is 16.7. The van der Waals surface area contributed by atoms with Crippen LogP contribution < -0.4 is 4.74 Å². The molecule has 0 spiro atoms. The number of hydrogen-bond acceptors (Lipinski definition) is 4. The fourth-order valence-electron chi connectivity index (χ4n) is 1.82. The van der Waals surface area contributed by atoms with Crippen LogP contribution in [0.25, 0.3) is 0 Å². The summed E-state index contributed by atoms with van der Waals surface area (Å²) in [6.07, 6.45) is 1.12. The summed E-state index contributed by atoms with van der Waals surface area (Å²) < 4.78 is 10.4. The van der Waals surface area contributed by atoms with Gasteiger partial charge in [0.05, 0.1) is 12.3 Å². The summed E-state index contributed by atoms with van der Waals surface area (Å²) in [4.78, 5) is 15.9. The fraction of sp³-hybridized carbons (Fsp3) is 0.222. The maximum Gasteiger partial charge on any atom is 0.347 e. The lowest BCUT2D eigenvalue weighted by Crippen LogP contribution is -2.26. The van der Waals surface area contributed by atoms with E-state index >= 15 is 0 Å². The summed E-state index contributed by atoms with van der Waals surface area (Å²) in [5.41, 5.74) is 1.75. The highest BCUT2D eigenvalue weighted by Gasteiger charge is 2.15. The lowest BCUT2D eigenvalue weighted by atomic mass is 10.2. The molecule has 4 nitrogen and oxygen atoms in total. The fourth-order valence-corrected chi connectivity index (χ4v) is 1.95. The minimum Gasteiger partial charge on any atom is -0.479 e. The predicted octanol–water partition coefficient (Wildman–Crippen LogP) is 4.42. The number of aliphatic imine (C=N–C) groups is 1. The minimum atomic E-state index is -0.636. The molecule has 0 aromatic heterocycles. The maximum absolute atomic E-state index is 11.5. The third-order valence-corrected chi connectivity index (χ3v) is 3.25. The number of carbonyl (C=O) groups is 1. The molecule has 0 bridgehead atoms. The summed E-state index contributed by atoms with van der Waals surface area (Å²) in [7, 11) is 0. The molecule has 2 aromatic rings. The molecule has 23 heavy (non-hydrogen) atoms. The van der Waals surface area contributed by atoms with E-state index in [-0.39, 0.29) is 5.97 Å². The Morgan fingerprint density at radius 2 is 1.83 bits per heavy atom. The van der Waals surface area contributed by atoms with Crippen molar-refractivity contribution in [1.82, 2.24) is 0 Å². The lowest BCUT2D eigenvalue weighted by molar-refractivity contribution is -0.150. The van der Waals surface area contributed by atoms with Crippen LogP contribution in [0.3, 0.4) is 0 Å². The Morgan fingerprint density at radius 3 is 2.43 bits per heavy atom. The number of halogens is 1. The highest BCUT2D eigenvalue weighted by molar-refractivity contribution is 6.30. The molecule has 0 saturated carbocycles. The zero-order valence-corrected chi connectivity index (χ0v) is 13.8. The lowest BCUT2D eigenvalue weighted by Gasteiger charge is -2.13. The van der Waals surface area contributed by atoms with Gasteiger partial charge in [0.1, 0.15) is 5.75 Å². The standard InChI is InChI=1S/C18H18ClNO3/c1-3-22-18(21)13(2)23-17-10-4-14(5-11-17)12-20-16-8-6-15(19)7-9-16/h4-13H,3H2,1-2H3. The van der Waals surface area contributed by atoms with E-state index in [1.165, 1.54) is 0 Å². The number of carbonyl (C=O) groups excluding carboxylic acids is 1. The molecule has 5 heteroatoms. The van der Waals surface area contributed by atoms with Gasteiger partial charge in [-0.3, -0.25) is 4.99 Å². The Labute approximate surface area is 140 Å². The first-order valence-corrected chi connectivity index (χ1v) is 7.69. The molecule has 0 aliphatic heterocycles. The van der Waals surface area contributed by atoms with Crippen LogP contribution in [-0.2, 0) is 9.53 Å². The van der Waals surface area contributed by atoms with Gasteiger partial charge in [0.15, 0.2) is 6.10 Å². The van der Waals surface area contributed by atoms with Gasteiger partial charge in [0.25, 0.3) is 0 Å². The van der Waals surface area contributed by atoms with Crippen molar-refractivity contribution < 1.29 is 14.3 Å². The summed E-state index contributed by atoms with van der Waals surface area (Å²) in [5.74, 6) is 0.232. The molecule has 120 valence electrons. The molecule has 0 radical (unpaired) electrons. The summed E-state index contributed by atoms with van der Waals surface area (Å²) in [5, 5.41) is 0.682. The van der Waals surface area contributed by atoms with E-state index in [1.54, 1.807) is 44.3 Å². The van der Waals surface area contributed by atoms with Gasteiger partial charge in [-0.2, -0.15) is 0 Å². The van der Waals surface area contributed by atoms with Crippen LogP contribution in [0.2, 0.25) is 5.02 Å². The molecule has 0 heterocycles. The molecule has 0 aliphatic rings. The molecule has 2 aromatic carbocycles. The van der Waals surface area contributed by atoms with E-state index in [4.69, 9.17) is 21.1 Å². The molecule has 2 rings (SSSR count). The SMILES string of the molecule is CCOC(=O)C(C)Oc1ccc(C=Nc2ccc(Cl)cc2)cc1. The number of esters is 1. The van der Waals surface area contributed by atoms with Crippen molar-refractivity contribution in [2.75, 3.05) is 6.61 Å². The first kappa shape index (κ1) is 17.0. The average molecular weight is 332 g/mol. The monoisotopic (exact) mass is 331 g/mol. The van der Waals surface area contributed by atoms with Crippen LogP contribution in [0, 0.1) is 0 Å². The molecule has 0 aliphatic carbocycles. The zero-order valence-electron chi connectivity index (χ0n) is 13.0. The number of nitrogens with zero attached hydrogens (tertiary/aromatic N) is 1. The quantitative estimate of drug-likeness (QED) is 0.581. The molecular formula is C18H18ClNO3. The topological polar surface area (TPSA) is 47.9 Å². The second kappa shape index (κ2) is 8.34. The van der Waals surface area contributed by atoms with Crippen LogP contribution in [-0.4, -0.2) is 24.9 Å². The number of hydrogen-bond donors (Lipinski definition) is 0. The first-order valence-electron chi connectivity index (χ1n) is 7.31. The van der Waals surface area contributed by atoms with E-state index in [0.717, 1.165) is 11.3 Å². The van der Waals surface area contributed by atoms with Crippen molar-refractivity contribution in [2.24, 2.45) is 4.99 Å². The normalized spacial score (nSPS) is 12.1. The first-order chi connectivity index (χ1) is 11.1. The van der Waals surface area contributed by atoms with Gasteiger partial charge in [-0.25, -0.2) is 4.79 Å². The van der Waals surface area contributed by atoms with Crippen molar-refractivity contribution in [3.8, 4) is 5.75 Å². The smallest absolute Gasteiger partial charge is 0.347 e. The van der Waals surface area contributed by atoms with Crippen molar-refractivity contribution in [3.63, 3.8) is 0 Å². The van der Waals surface area contributed by atoms with Gasteiger partial charge in [-0.05, 0) is 67.9 Å². The van der Waals surface area contributed by atoms with Crippen LogP contribution in [0.1, 0.15) is 19.4 Å². The summed E-state index contributed by atoms with van der Waals surface area (Å²) in [6.45, 7) is 3.76. The van der Waals surface area contributed by atoms with Crippen LogP contribution in [0.5, 0.6) is 5.75 Å². The molecule has 0 N–H and O–H groups in total. The Hall–Kier alpha value is -2.33. The third-order valence-electron chi connectivity index (χ3n) is 3.00.